The largest absolute Gasteiger partial charge is 0.497 e. The van der Waals surface area contributed by atoms with Gasteiger partial charge < -0.3 is 14.3 Å². The topological polar surface area (TPSA) is 72.6 Å². The smallest absolute Gasteiger partial charge is 0.373 e. The van der Waals surface area contributed by atoms with Gasteiger partial charge in [0.05, 0.1) is 13.3 Å². The number of aromatic carboxylic acids is 1. The third-order valence-electron chi connectivity index (χ3n) is 2.28. The quantitative estimate of drug-likeness (QED) is 0.874. The first-order chi connectivity index (χ1) is 8.19. The van der Waals surface area contributed by atoms with Gasteiger partial charge in [0.25, 0.3) is 0 Å². The van der Waals surface area contributed by atoms with Crippen LogP contribution in [0.15, 0.2) is 34.9 Å². The lowest BCUT2D eigenvalue weighted by atomic mass is 10.1. The molecule has 0 bridgehead atoms. The fourth-order valence-electron chi connectivity index (χ4n) is 1.41. The van der Waals surface area contributed by atoms with Crippen molar-refractivity contribution in [3.8, 4) is 5.75 Å². The lowest BCUT2D eigenvalue weighted by Crippen LogP contribution is -1.92. The van der Waals surface area contributed by atoms with E-state index in [-0.39, 0.29) is 5.76 Å². The van der Waals surface area contributed by atoms with Gasteiger partial charge in [0.1, 0.15) is 5.75 Å². The molecule has 88 valence electrons. The van der Waals surface area contributed by atoms with E-state index < -0.39 is 5.97 Å². The summed E-state index contributed by atoms with van der Waals surface area (Å²) in [6, 6.07) is 7.42. The molecule has 0 unspecified atom stereocenters. The van der Waals surface area contributed by atoms with Crippen LogP contribution in [0.5, 0.6) is 5.75 Å². The lowest BCUT2D eigenvalue weighted by molar-refractivity contribution is 0.0660. The standard InChI is InChI=1S/C12H11NO4/c1-16-9-4-2-8(3-5-9)6-11-13-7-10(17-11)12(14)15/h2-5,7H,6H2,1H3,(H,14,15). The van der Waals surface area contributed by atoms with Crippen LogP contribution in [0.2, 0.25) is 0 Å². The van der Waals surface area contributed by atoms with Crippen molar-refractivity contribution in [2.75, 3.05) is 7.11 Å². The predicted molar refractivity (Wildman–Crippen MR) is 59.3 cm³/mol. The number of rotatable bonds is 4. The molecule has 0 radical (unpaired) electrons. The molecule has 1 N–H and O–H groups in total. The first-order valence-corrected chi connectivity index (χ1v) is 5.00. The van der Waals surface area contributed by atoms with E-state index in [2.05, 4.69) is 4.98 Å². The maximum atomic E-state index is 10.6. The van der Waals surface area contributed by atoms with Gasteiger partial charge in [0.2, 0.25) is 5.76 Å². The van der Waals surface area contributed by atoms with Crippen LogP contribution >= 0.6 is 0 Å². The molecule has 0 fully saturated rings. The second kappa shape index (κ2) is 4.69. The van der Waals surface area contributed by atoms with E-state index in [0.29, 0.717) is 12.3 Å². The van der Waals surface area contributed by atoms with E-state index in [9.17, 15) is 4.79 Å². The van der Waals surface area contributed by atoms with Crippen molar-refractivity contribution in [1.82, 2.24) is 4.98 Å². The van der Waals surface area contributed by atoms with Gasteiger partial charge in [-0.1, -0.05) is 12.1 Å². The van der Waals surface area contributed by atoms with Crippen LogP contribution in [-0.2, 0) is 6.42 Å². The average Bonchev–Trinajstić information content (AvgIpc) is 2.79. The zero-order valence-electron chi connectivity index (χ0n) is 9.21. The number of benzene rings is 1. The summed E-state index contributed by atoms with van der Waals surface area (Å²) < 4.78 is 10.1. The van der Waals surface area contributed by atoms with Crippen LogP contribution in [0.25, 0.3) is 0 Å². The van der Waals surface area contributed by atoms with Gasteiger partial charge in [-0.25, -0.2) is 9.78 Å². The minimum absolute atomic E-state index is 0.145. The van der Waals surface area contributed by atoms with E-state index in [1.165, 1.54) is 6.20 Å². The van der Waals surface area contributed by atoms with Crippen molar-refractivity contribution >= 4 is 5.97 Å². The van der Waals surface area contributed by atoms with Gasteiger partial charge >= 0.3 is 5.97 Å². The summed E-state index contributed by atoms with van der Waals surface area (Å²) in [7, 11) is 1.60. The predicted octanol–water partition coefficient (Wildman–Crippen LogP) is 1.97. The van der Waals surface area contributed by atoms with Gasteiger partial charge in [0.15, 0.2) is 5.89 Å². The highest BCUT2D eigenvalue weighted by Gasteiger charge is 2.10. The van der Waals surface area contributed by atoms with Crippen molar-refractivity contribution in [1.29, 1.82) is 0 Å². The molecular formula is C12H11NO4. The molecule has 0 aliphatic heterocycles. The minimum atomic E-state index is -1.11. The number of nitrogens with zero attached hydrogens (tertiary/aromatic N) is 1. The average molecular weight is 233 g/mol. The number of hydrogen-bond acceptors (Lipinski definition) is 4. The second-order valence-corrected chi connectivity index (χ2v) is 3.45. The Bertz CT molecular complexity index is 516. The summed E-state index contributed by atoms with van der Waals surface area (Å²) in [5, 5.41) is 8.68. The number of oxazole rings is 1. The molecule has 5 nitrogen and oxygen atoms in total. The van der Waals surface area contributed by atoms with Crippen molar-refractivity contribution in [2.45, 2.75) is 6.42 Å². The summed E-state index contributed by atoms with van der Waals surface area (Å²) >= 11 is 0. The van der Waals surface area contributed by atoms with Crippen LogP contribution in [0.3, 0.4) is 0 Å². The van der Waals surface area contributed by atoms with Crippen LogP contribution < -0.4 is 4.74 Å². The van der Waals surface area contributed by atoms with Gasteiger partial charge in [-0.05, 0) is 17.7 Å². The molecule has 17 heavy (non-hydrogen) atoms. The third-order valence-corrected chi connectivity index (χ3v) is 2.28. The molecule has 0 atom stereocenters. The highest BCUT2D eigenvalue weighted by atomic mass is 16.5. The number of carbonyl (C=O) groups is 1. The highest BCUT2D eigenvalue weighted by molar-refractivity contribution is 5.83. The Balaban J connectivity index is 2.11. The van der Waals surface area contributed by atoms with Crippen molar-refractivity contribution in [3.05, 3.63) is 47.7 Å². The number of carboxylic acid groups (broad SMARTS) is 1. The Morgan fingerprint density at radius 2 is 2.12 bits per heavy atom. The van der Waals surface area contributed by atoms with E-state index in [4.69, 9.17) is 14.3 Å². The molecule has 2 aromatic rings. The molecule has 2 rings (SSSR count). The Kier molecular flexibility index (Phi) is 3.09. The van der Waals surface area contributed by atoms with Crippen molar-refractivity contribution in [2.24, 2.45) is 0 Å². The first-order valence-electron chi connectivity index (χ1n) is 5.00. The second-order valence-electron chi connectivity index (χ2n) is 3.45. The fraction of sp³-hybridized carbons (Fsp3) is 0.167. The summed E-state index contributed by atoms with van der Waals surface area (Å²) in [5.41, 5.74) is 0.976. The first kappa shape index (κ1) is 11.2. The summed E-state index contributed by atoms with van der Waals surface area (Å²) in [6.07, 6.45) is 1.67. The van der Waals surface area contributed by atoms with Crippen LogP contribution in [0.4, 0.5) is 0 Å². The third kappa shape index (κ3) is 2.63. The van der Waals surface area contributed by atoms with E-state index in [1.54, 1.807) is 7.11 Å². The van der Waals surface area contributed by atoms with Crippen molar-refractivity contribution < 1.29 is 19.1 Å². The van der Waals surface area contributed by atoms with Crippen LogP contribution in [0.1, 0.15) is 22.0 Å². The molecule has 5 heteroatoms. The molecule has 1 aromatic heterocycles. The molecular weight excluding hydrogens is 222 g/mol. The maximum absolute atomic E-state index is 10.6. The summed E-state index contributed by atoms with van der Waals surface area (Å²) in [5.74, 6) is -0.105. The Morgan fingerprint density at radius 1 is 1.41 bits per heavy atom. The van der Waals surface area contributed by atoms with E-state index in [1.807, 2.05) is 24.3 Å². The zero-order valence-corrected chi connectivity index (χ0v) is 9.21. The number of hydrogen-bond donors (Lipinski definition) is 1. The fourth-order valence-corrected chi connectivity index (χ4v) is 1.41. The molecule has 0 amide bonds. The van der Waals surface area contributed by atoms with Gasteiger partial charge in [-0.15, -0.1) is 0 Å². The monoisotopic (exact) mass is 233 g/mol. The summed E-state index contributed by atoms with van der Waals surface area (Å²) in [4.78, 5) is 14.5. The van der Waals surface area contributed by atoms with Crippen LogP contribution in [0, 0.1) is 0 Å². The molecule has 0 aliphatic carbocycles. The normalized spacial score (nSPS) is 10.2. The summed E-state index contributed by atoms with van der Waals surface area (Å²) in [6.45, 7) is 0. The molecule has 0 spiro atoms. The molecule has 1 heterocycles. The lowest BCUT2D eigenvalue weighted by Gasteiger charge is -2.00. The van der Waals surface area contributed by atoms with Crippen molar-refractivity contribution in [3.63, 3.8) is 0 Å². The maximum Gasteiger partial charge on any atom is 0.373 e. The number of carboxylic acids is 1. The molecule has 0 saturated carbocycles. The number of methoxy groups -OCH3 is 1. The van der Waals surface area contributed by atoms with E-state index >= 15 is 0 Å². The number of ether oxygens (including phenoxy) is 1. The Labute approximate surface area is 97.7 Å². The molecule has 0 saturated heterocycles. The van der Waals surface area contributed by atoms with Gasteiger partial charge in [0, 0.05) is 6.42 Å². The highest BCUT2D eigenvalue weighted by Crippen LogP contribution is 2.15. The Hall–Kier alpha value is -2.30. The van der Waals surface area contributed by atoms with Crippen LogP contribution in [-0.4, -0.2) is 23.2 Å². The van der Waals surface area contributed by atoms with E-state index in [0.717, 1.165) is 11.3 Å². The Morgan fingerprint density at radius 3 is 2.65 bits per heavy atom. The van der Waals surface area contributed by atoms with Gasteiger partial charge in [-0.2, -0.15) is 0 Å². The zero-order chi connectivity index (χ0) is 12.3. The molecule has 1 aromatic carbocycles. The van der Waals surface area contributed by atoms with Gasteiger partial charge in [-0.3, -0.25) is 0 Å². The SMILES string of the molecule is COc1ccc(Cc2ncc(C(=O)O)o2)cc1. The minimum Gasteiger partial charge on any atom is -0.497 e. The molecule has 0 aliphatic rings. The number of aromatic nitrogens is 1.